The molecule has 2 aliphatic rings. The molecule has 0 aliphatic heterocycles. The zero-order valence-corrected chi connectivity index (χ0v) is 10.6. The van der Waals surface area contributed by atoms with Crippen LogP contribution in [0.25, 0.3) is 0 Å². The van der Waals surface area contributed by atoms with Crippen LogP contribution in [0.5, 0.6) is 0 Å². The minimum Gasteiger partial charge on any atom is -0.397 e. The third-order valence-corrected chi connectivity index (χ3v) is 4.40. The minimum absolute atomic E-state index is 0.0214. The highest BCUT2D eigenvalue weighted by Gasteiger charge is 2.33. The van der Waals surface area contributed by atoms with Gasteiger partial charge in [0.25, 0.3) is 5.91 Å². The number of hydrogen-bond donors (Lipinski definition) is 3. The van der Waals surface area contributed by atoms with Gasteiger partial charge in [-0.25, -0.2) is 0 Å². The summed E-state index contributed by atoms with van der Waals surface area (Å²) in [6, 6.07) is 2.81. The highest BCUT2D eigenvalue weighted by molar-refractivity contribution is 7.18. The van der Waals surface area contributed by atoms with Crippen molar-refractivity contribution >= 4 is 27.9 Å². The molecule has 2 fully saturated rings. The van der Waals surface area contributed by atoms with Crippen molar-refractivity contribution < 1.29 is 4.79 Å². The molecule has 0 radical (unpaired) electrons. The zero-order valence-electron chi connectivity index (χ0n) is 9.82. The fourth-order valence-electron chi connectivity index (χ4n) is 1.84. The van der Waals surface area contributed by atoms with Crippen LogP contribution in [0.3, 0.4) is 0 Å². The molecule has 4 N–H and O–H groups in total. The van der Waals surface area contributed by atoms with E-state index in [1.165, 1.54) is 17.8 Å². The summed E-state index contributed by atoms with van der Waals surface area (Å²) in [6.45, 7) is 2.22. The number of carbonyl (C=O) groups excluding carboxylic acids is 1. The lowest BCUT2D eigenvalue weighted by molar-refractivity contribution is 0.0956. The van der Waals surface area contributed by atoms with Crippen molar-refractivity contribution in [3.8, 4) is 0 Å². The molecule has 0 aromatic carbocycles. The molecule has 0 saturated heterocycles. The molecule has 2 unspecified atom stereocenters. The van der Waals surface area contributed by atoms with E-state index in [-0.39, 0.29) is 5.91 Å². The Balaban J connectivity index is 1.68. The van der Waals surface area contributed by atoms with E-state index in [0.29, 0.717) is 22.6 Å². The number of thiophene rings is 1. The smallest absolute Gasteiger partial charge is 0.263 e. The quantitative estimate of drug-likeness (QED) is 0.767. The predicted octanol–water partition coefficient (Wildman–Crippen LogP) is 2.04. The highest BCUT2D eigenvalue weighted by Crippen LogP contribution is 2.37. The molecule has 92 valence electrons. The van der Waals surface area contributed by atoms with Crippen LogP contribution in [-0.2, 0) is 0 Å². The largest absolute Gasteiger partial charge is 0.397 e. The van der Waals surface area contributed by atoms with Crippen molar-refractivity contribution in [3.05, 3.63) is 10.9 Å². The summed E-state index contributed by atoms with van der Waals surface area (Å²) in [5, 5.41) is 7.39. The number of nitrogens with one attached hydrogen (secondary N) is 2. The van der Waals surface area contributed by atoms with E-state index >= 15 is 0 Å². The molecule has 17 heavy (non-hydrogen) atoms. The van der Waals surface area contributed by atoms with Crippen molar-refractivity contribution in [2.45, 2.75) is 38.3 Å². The van der Waals surface area contributed by atoms with E-state index in [1.54, 1.807) is 0 Å². The Labute approximate surface area is 105 Å². The van der Waals surface area contributed by atoms with Gasteiger partial charge in [0.1, 0.15) is 4.88 Å². The molecule has 2 atom stereocenters. The molecule has 2 saturated carbocycles. The Hall–Kier alpha value is -1.23. The second-order valence-corrected chi connectivity index (χ2v) is 6.16. The Morgan fingerprint density at radius 1 is 1.53 bits per heavy atom. The Kier molecular flexibility index (Phi) is 2.50. The van der Waals surface area contributed by atoms with Crippen molar-refractivity contribution in [1.29, 1.82) is 0 Å². The van der Waals surface area contributed by atoms with E-state index in [0.717, 1.165) is 23.8 Å². The third kappa shape index (κ3) is 2.39. The molecule has 3 rings (SSSR count). The summed E-state index contributed by atoms with van der Waals surface area (Å²) in [7, 11) is 0. The van der Waals surface area contributed by atoms with Gasteiger partial charge in [0.2, 0.25) is 0 Å². The van der Waals surface area contributed by atoms with Gasteiger partial charge in [0.05, 0.1) is 10.7 Å². The average Bonchev–Trinajstić information content (AvgIpc) is 3.14. The maximum absolute atomic E-state index is 11.9. The minimum atomic E-state index is -0.0214. The van der Waals surface area contributed by atoms with E-state index in [4.69, 9.17) is 5.73 Å². The van der Waals surface area contributed by atoms with Crippen LogP contribution in [0, 0.1) is 5.92 Å². The average molecular weight is 251 g/mol. The lowest BCUT2D eigenvalue weighted by Gasteiger charge is -2.01. The second-order valence-electron chi connectivity index (χ2n) is 5.11. The molecule has 1 heterocycles. The number of carbonyl (C=O) groups is 1. The second kappa shape index (κ2) is 3.91. The van der Waals surface area contributed by atoms with Gasteiger partial charge in [-0.15, -0.1) is 11.3 Å². The third-order valence-electron chi connectivity index (χ3n) is 3.32. The SMILES string of the molecule is CC1CC1Nc1cc(N)c(C(=O)NC2CC2)s1. The maximum Gasteiger partial charge on any atom is 0.263 e. The highest BCUT2D eigenvalue weighted by atomic mass is 32.1. The molecule has 4 nitrogen and oxygen atoms in total. The number of anilines is 2. The van der Waals surface area contributed by atoms with E-state index in [9.17, 15) is 4.79 Å². The summed E-state index contributed by atoms with van der Waals surface area (Å²) in [6.07, 6.45) is 3.41. The van der Waals surface area contributed by atoms with Gasteiger partial charge in [-0.05, 0) is 31.2 Å². The van der Waals surface area contributed by atoms with Crippen LogP contribution in [0.2, 0.25) is 0 Å². The first-order chi connectivity index (χ1) is 8.13. The molecule has 0 spiro atoms. The normalized spacial score (nSPS) is 26.6. The van der Waals surface area contributed by atoms with E-state index in [1.807, 2.05) is 6.07 Å². The van der Waals surface area contributed by atoms with Gasteiger partial charge in [-0.2, -0.15) is 0 Å². The predicted molar refractivity (Wildman–Crippen MR) is 70.4 cm³/mol. The molecular formula is C12H17N3OS. The lowest BCUT2D eigenvalue weighted by Crippen LogP contribution is -2.25. The molecule has 1 amide bonds. The van der Waals surface area contributed by atoms with Gasteiger partial charge in [-0.3, -0.25) is 4.79 Å². The van der Waals surface area contributed by atoms with Crippen molar-refractivity contribution in [1.82, 2.24) is 5.32 Å². The first kappa shape index (κ1) is 10.9. The zero-order chi connectivity index (χ0) is 12.0. The lowest BCUT2D eigenvalue weighted by atomic mass is 10.3. The van der Waals surface area contributed by atoms with Crippen LogP contribution >= 0.6 is 11.3 Å². The van der Waals surface area contributed by atoms with E-state index < -0.39 is 0 Å². The van der Waals surface area contributed by atoms with Crippen LogP contribution in [0.1, 0.15) is 35.9 Å². The topological polar surface area (TPSA) is 67.1 Å². The summed E-state index contributed by atoms with van der Waals surface area (Å²) in [5.74, 6) is 0.717. The van der Waals surface area contributed by atoms with Crippen molar-refractivity contribution in [2.75, 3.05) is 11.1 Å². The Morgan fingerprint density at radius 2 is 2.24 bits per heavy atom. The monoisotopic (exact) mass is 251 g/mol. The van der Waals surface area contributed by atoms with E-state index in [2.05, 4.69) is 17.6 Å². The van der Waals surface area contributed by atoms with Gasteiger partial charge < -0.3 is 16.4 Å². The number of rotatable bonds is 4. The van der Waals surface area contributed by atoms with Crippen LogP contribution in [0.4, 0.5) is 10.7 Å². The summed E-state index contributed by atoms with van der Waals surface area (Å²) in [5.41, 5.74) is 6.47. The molecule has 1 aromatic rings. The van der Waals surface area contributed by atoms with Gasteiger partial charge in [0.15, 0.2) is 0 Å². The fourth-order valence-corrected chi connectivity index (χ4v) is 2.78. The van der Waals surface area contributed by atoms with Crippen molar-refractivity contribution in [2.24, 2.45) is 5.92 Å². The summed E-state index contributed by atoms with van der Waals surface area (Å²) < 4.78 is 0. The van der Waals surface area contributed by atoms with Crippen LogP contribution < -0.4 is 16.4 Å². The summed E-state index contributed by atoms with van der Waals surface area (Å²) >= 11 is 1.46. The Bertz CT molecular complexity index is 453. The number of nitrogens with two attached hydrogens (primary N) is 1. The number of hydrogen-bond acceptors (Lipinski definition) is 4. The molecule has 1 aromatic heterocycles. The Morgan fingerprint density at radius 3 is 2.82 bits per heavy atom. The molecule has 5 heteroatoms. The van der Waals surface area contributed by atoms with Crippen LogP contribution in [-0.4, -0.2) is 18.0 Å². The summed E-state index contributed by atoms with van der Waals surface area (Å²) in [4.78, 5) is 12.5. The first-order valence-corrected chi connectivity index (χ1v) is 6.92. The molecule has 0 bridgehead atoms. The molecule has 2 aliphatic carbocycles. The van der Waals surface area contributed by atoms with Gasteiger partial charge in [0, 0.05) is 12.1 Å². The molecular weight excluding hydrogens is 234 g/mol. The first-order valence-electron chi connectivity index (χ1n) is 6.10. The number of amides is 1. The number of nitrogen functional groups attached to an aromatic ring is 1. The van der Waals surface area contributed by atoms with Gasteiger partial charge in [-0.1, -0.05) is 6.92 Å². The standard InChI is InChI=1S/C12H17N3OS/c1-6-4-9(6)15-10-5-8(13)11(17-10)12(16)14-7-2-3-7/h5-7,9,15H,2-4,13H2,1H3,(H,14,16). The fraction of sp³-hybridized carbons (Fsp3) is 0.583. The van der Waals surface area contributed by atoms with Crippen molar-refractivity contribution in [3.63, 3.8) is 0 Å². The van der Waals surface area contributed by atoms with Crippen LogP contribution in [0.15, 0.2) is 6.07 Å². The maximum atomic E-state index is 11.9. The van der Waals surface area contributed by atoms with Gasteiger partial charge >= 0.3 is 0 Å².